The summed E-state index contributed by atoms with van der Waals surface area (Å²) in [4.78, 5) is 56.9. The van der Waals surface area contributed by atoms with Crippen molar-refractivity contribution in [2.75, 3.05) is 13.3 Å². The lowest BCUT2D eigenvalue weighted by Crippen LogP contribution is -2.51. The second-order valence-corrected chi connectivity index (χ2v) is 10.1. The molecule has 9 nitrogen and oxygen atoms in total. The predicted molar refractivity (Wildman–Crippen MR) is 139 cm³/mol. The molecule has 1 fully saturated rings. The molecule has 1 aliphatic heterocycles. The summed E-state index contributed by atoms with van der Waals surface area (Å²) in [5, 5.41) is 0. The Morgan fingerprint density at radius 3 is 2.45 bits per heavy atom. The number of carbonyl (C=O) groups excluding carboxylic acids is 4. The van der Waals surface area contributed by atoms with Gasteiger partial charge in [0, 0.05) is 30.3 Å². The number of nitrogens with two attached hydrogens (primary N) is 1. The minimum absolute atomic E-state index is 0.155. The highest BCUT2D eigenvalue weighted by molar-refractivity contribution is 6.15. The zero-order chi connectivity index (χ0) is 30.4. The van der Waals surface area contributed by atoms with Gasteiger partial charge in [0.2, 0.25) is 17.4 Å². The van der Waals surface area contributed by atoms with Gasteiger partial charge in [-0.3, -0.25) is 24.2 Å². The van der Waals surface area contributed by atoms with E-state index in [4.69, 9.17) is 10.5 Å². The molecular formula is C29H24F4N4O5. The molecule has 1 aromatic heterocycles. The first kappa shape index (κ1) is 28.9. The van der Waals surface area contributed by atoms with Crippen LogP contribution in [-0.4, -0.2) is 63.8 Å². The third-order valence-corrected chi connectivity index (χ3v) is 7.45. The number of hydrogen-bond donors (Lipinski definition) is 1. The molecule has 0 saturated carbocycles. The molecule has 42 heavy (non-hydrogen) atoms. The van der Waals surface area contributed by atoms with Crippen LogP contribution >= 0.6 is 0 Å². The first-order valence-corrected chi connectivity index (χ1v) is 12.8. The minimum Gasteiger partial charge on any atom is -0.366 e. The molecule has 0 bridgehead atoms. The molecule has 1 saturated heterocycles. The number of ether oxygens (including phenoxy) is 1. The van der Waals surface area contributed by atoms with Gasteiger partial charge < -0.3 is 20.3 Å². The van der Waals surface area contributed by atoms with Gasteiger partial charge in [-0.25, -0.2) is 4.39 Å². The topological polar surface area (TPSA) is 123 Å². The Kier molecular flexibility index (Phi) is 7.31. The largest absolute Gasteiger partial charge is 0.408 e. The fourth-order valence-corrected chi connectivity index (χ4v) is 5.09. The number of primary amides is 1. The van der Waals surface area contributed by atoms with Crippen molar-refractivity contribution in [3.8, 4) is 11.3 Å². The summed E-state index contributed by atoms with van der Waals surface area (Å²) in [6.07, 6.45) is -3.61. The number of carbonyl (C=O) groups is 4. The number of fused-ring (bicyclic) bond motifs is 2. The molecule has 1 aliphatic carbocycles. The van der Waals surface area contributed by atoms with Crippen molar-refractivity contribution in [2.24, 2.45) is 5.73 Å². The average molecular weight is 585 g/mol. The third-order valence-electron chi connectivity index (χ3n) is 7.45. The second-order valence-electron chi connectivity index (χ2n) is 10.1. The highest BCUT2D eigenvalue weighted by Crippen LogP contribution is 2.43. The van der Waals surface area contributed by atoms with E-state index >= 15 is 0 Å². The van der Waals surface area contributed by atoms with Crippen LogP contribution in [0.25, 0.3) is 11.3 Å². The molecule has 3 aromatic rings. The lowest BCUT2D eigenvalue weighted by molar-refractivity contribution is -0.187. The molecule has 3 amide bonds. The third kappa shape index (κ3) is 5.11. The van der Waals surface area contributed by atoms with Crippen LogP contribution in [0.5, 0.6) is 0 Å². The summed E-state index contributed by atoms with van der Waals surface area (Å²) in [7, 11) is 0. The van der Waals surface area contributed by atoms with Crippen molar-refractivity contribution >= 4 is 23.5 Å². The van der Waals surface area contributed by atoms with E-state index in [1.807, 2.05) is 0 Å². The predicted octanol–water partition coefficient (Wildman–Crippen LogP) is 3.10. The fourth-order valence-electron chi connectivity index (χ4n) is 5.09. The lowest BCUT2D eigenvalue weighted by atomic mass is 9.93. The Balaban J connectivity index is 1.37. The standard InChI is InChI=1S/C29H24F4N4O5/c1-16(29(31,32)33)37(13-17-2-6-21(30)7-3-17)25(39)14-36-15-42-28(27(36)41)22-8-4-18(10-20(22)11-24(28)38)23-9-5-19(12-35-23)26(34)40/h2-10,12,16H,11,13-15H2,1H3,(H2,34,40)/t16-,28+/m0/s1. The van der Waals surface area contributed by atoms with Crippen molar-refractivity contribution in [1.29, 1.82) is 0 Å². The molecule has 0 radical (unpaired) electrons. The molecule has 2 N–H and O–H groups in total. The first-order chi connectivity index (χ1) is 19.8. The second kappa shape index (κ2) is 10.6. The van der Waals surface area contributed by atoms with Crippen LogP contribution in [0.4, 0.5) is 17.6 Å². The van der Waals surface area contributed by atoms with Gasteiger partial charge in [-0.05, 0) is 48.4 Å². The summed E-state index contributed by atoms with van der Waals surface area (Å²) in [5.74, 6) is -3.67. The number of nitrogens with zero attached hydrogens (tertiary/aromatic N) is 3. The number of hydrogen-bond acceptors (Lipinski definition) is 6. The molecule has 5 rings (SSSR count). The maximum Gasteiger partial charge on any atom is 0.408 e. The Morgan fingerprint density at radius 2 is 1.83 bits per heavy atom. The van der Waals surface area contributed by atoms with Gasteiger partial charge in [-0.15, -0.1) is 0 Å². The average Bonchev–Trinajstić information content (AvgIpc) is 3.43. The molecule has 2 aliphatic rings. The minimum atomic E-state index is -4.77. The van der Waals surface area contributed by atoms with Crippen LogP contribution in [0.2, 0.25) is 0 Å². The van der Waals surface area contributed by atoms with Gasteiger partial charge in [0.1, 0.15) is 25.1 Å². The number of ketones is 1. The van der Waals surface area contributed by atoms with Gasteiger partial charge in [0.05, 0.1) is 11.3 Å². The molecule has 0 unspecified atom stereocenters. The molecule has 2 aromatic carbocycles. The van der Waals surface area contributed by atoms with E-state index in [9.17, 15) is 36.7 Å². The van der Waals surface area contributed by atoms with E-state index in [0.29, 0.717) is 21.7 Å². The number of benzene rings is 2. The van der Waals surface area contributed by atoms with E-state index in [1.54, 1.807) is 18.2 Å². The Hall–Kier alpha value is -4.65. The maximum absolute atomic E-state index is 13.7. The Morgan fingerprint density at radius 1 is 1.12 bits per heavy atom. The molecule has 2 heterocycles. The zero-order valence-corrected chi connectivity index (χ0v) is 22.2. The maximum atomic E-state index is 13.7. The van der Waals surface area contributed by atoms with Crippen LogP contribution in [0.1, 0.15) is 34.0 Å². The number of amides is 3. The normalized spacial score (nSPS) is 18.8. The number of alkyl halides is 3. The van der Waals surface area contributed by atoms with Crippen molar-refractivity contribution in [3.05, 3.63) is 88.9 Å². The molecule has 218 valence electrons. The van der Waals surface area contributed by atoms with Crippen LogP contribution in [0, 0.1) is 5.82 Å². The number of halogens is 4. The summed E-state index contributed by atoms with van der Waals surface area (Å²) in [6, 6.07) is 10.4. The Labute approximate surface area is 236 Å². The van der Waals surface area contributed by atoms with Gasteiger partial charge >= 0.3 is 6.18 Å². The van der Waals surface area contributed by atoms with Crippen molar-refractivity contribution in [1.82, 2.24) is 14.8 Å². The summed E-state index contributed by atoms with van der Waals surface area (Å²) < 4.78 is 60.0. The fraction of sp³-hybridized carbons (Fsp3) is 0.276. The molecule has 13 heteroatoms. The van der Waals surface area contributed by atoms with E-state index in [2.05, 4.69) is 4.98 Å². The number of aromatic nitrogens is 1. The number of rotatable bonds is 7. The van der Waals surface area contributed by atoms with Crippen LogP contribution in [-0.2, 0) is 37.7 Å². The first-order valence-electron chi connectivity index (χ1n) is 12.8. The van der Waals surface area contributed by atoms with Gasteiger partial charge in [0.25, 0.3) is 5.91 Å². The SMILES string of the molecule is C[C@H](N(Cc1ccc(F)cc1)C(=O)CN1CO[C@]2(C(=O)Cc3cc(-c4ccc(C(N)=O)cn4)ccc32)C1=O)C(F)(F)F. The highest BCUT2D eigenvalue weighted by Gasteiger charge is 2.59. The molecule has 2 atom stereocenters. The van der Waals surface area contributed by atoms with Gasteiger partial charge in [-0.2, -0.15) is 13.2 Å². The highest BCUT2D eigenvalue weighted by atomic mass is 19.4. The smallest absolute Gasteiger partial charge is 0.366 e. The van der Waals surface area contributed by atoms with Gasteiger partial charge in [-0.1, -0.05) is 24.3 Å². The Bertz CT molecular complexity index is 1580. The molecular weight excluding hydrogens is 560 g/mol. The van der Waals surface area contributed by atoms with E-state index in [1.165, 1.54) is 30.5 Å². The van der Waals surface area contributed by atoms with E-state index in [-0.39, 0.29) is 23.1 Å². The molecule has 1 spiro atoms. The van der Waals surface area contributed by atoms with Crippen LogP contribution in [0.15, 0.2) is 60.8 Å². The quantitative estimate of drug-likeness (QED) is 0.337. The van der Waals surface area contributed by atoms with Crippen LogP contribution in [0.3, 0.4) is 0 Å². The van der Waals surface area contributed by atoms with Crippen molar-refractivity contribution in [3.63, 3.8) is 0 Å². The summed E-state index contributed by atoms with van der Waals surface area (Å²) in [5.41, 5.74) is 5.56. The zero-order valence-electron chi connectivity index (χ0n) is 22.2. The van der Waals surface area contributed by atoms with Crippen molar-refractivity contribution < 1.29 is 41.5 Å². The number of Topliss-reactive ketones (excluding diaryl/α,β-unsaturated/α-hetero) is 1. The summed E-state index contributed by atoms with van der Waals surface area (Å²) >= 11 is 0. The summed E-state index contributed by atoms with van der Waals surface area (Å²) in [6.45, 7) is -0.917. The van der Waals surface area contributed by atoms with Crippen LogP contribution < -0.4 is 5.73 Å². The van der Waals surface area contributed by atoms with Gasteiger partial charge in [0.15, 0.2) is 5.78 Å². The van der Waals surface area contributed by atoms with E-state index < -0.39 is 67.0 Å². The lowest BCUT2D eigenvalue weighted by Gasteiger charge is -2.32. The number of pyridine rings is 1. The van der Waals surface area contributed by atoms with Crippen molar-refractivity contribution in [2.45, 2.75) is 37.7 Å². The van der Waals surface area contributed by atoms with E-state index in [0.717, 1.165) is 24.0 Å². The monoisotopic (exact) mass is 584 g/mol.